The first kappa shape index (κ1) is 14.4. The highest BCUT2D eigenvalue weighted by Gasteiger charge is 2.47. The summed E-state index contributed by atoms with van der Waals surface area (Å²) in [6, 6.07) is 1.50. The molecule has 1 unspecified atom stereocenters. The summed E-state index contributed by atoms with van der Waals surface area (Å²) in [7, 11) is -2.25. The fraction of sp³-hybridized carbons (Fsp3) is 1.00. The fourth-order valence-corrected chi connectivity index (χ4v) is 8.71. The minimum absolute atomic E-state index is 0. The van der Waals surface area contributed by atoms with Crippen molar-refractivity contribution in [2.45, 2.75) is 64.5 Å². The van der Waals surface area contributed by atoms with Crippen LogP contribution in [0.2, 0.25) is 32.2 Å². The van der Waals surface area contributed by atoms with Gasteiger partial charge in [-0.15, -0.1) is 0 Å². The minimum Gasteiger partial charge on any atom is -0.417 e. The molecule has 1 aliphatic rings. The van der Waals surface area contributed by atoms with Crippen molar-refractivity contribution in [1.29, 1.82) is 0 Å². The third-order valence-corrected chi connectivity index (χ3v) is 20.4. The zero-order chi connectivity index (χ0) is 10.1. The second-order valence-electron chi connectivity index (χ2n) is 5.46. The van der Waals surface area contributed by atoms with E-state index in [1.807, 2.05) is 0 Å². The molecule has 2 nitrogen and oxygen atoms in total. The van der Waals surface area contributed by atoms with E-state index in [-0.39, 0.29) is 6.15 Å². The van der Waals surface area contributed by atoms with E-state index in [1.54, 1.807) is 0 Å². The molecule has 1 heterocycles. The largest absolute Gasteiger partial charge is 0.417 e. The summed E-state index contributed by atoms with van der Waals surface area (Å²) >= 11 is 0. The second kappa shape index (κ2) is 4.92. The molecule has 0 saturated carbocycles. The van der Waals surface area contributed by atoms with Gasteiger partial charge in [-0.1, -0.05) is 32.5 Å². The van der Waals surface area contributed by atoms with Gasteiger partial charge in [-0.05, 0) is 25.9 Å². The Morgan fingerprint density at radius 3 is 2.21 bits per heavy atom. The highest BCUT2D eigenvalue weighted by molar-refractivity contribution is 7.38. The van der Waals surface area contributed by atoms with Crippen LogP contribution in [-0.2, 0) is 4.43 Å². The highest BCUT2D eigenvalue weighted by atomic mass is 29.3. The maximum absolute atomic E-state index is 6.33. The predicted molar refractivity (Wildman–Crippen MR) is 69.2 cm³/mol. The van der Waals surface area contributed by atoms with Crippen molar-refractivity contribution in [2.75, 3.05) is 0 Å². The van der Waals surface area contributed by atoms with Crippen LogP contribution in [-0.4, -0.2) is 21.5 Å². The molecule has 0 aromatic heterocycles. The van der Waals surface area contributed by atoms with Crippen LogP contribution in [0.5, 0.6) is 0 Å². The quantitative estimate of drug-likeness (QED) is 0.739. The van der Waals surface area contributed by atoms with E-state index in [2.05, 4.69) is 33.1 Å². The molecule has 1 aliphatic heterocycles. The Bertz CT molecular complexity index is 183. The SMILES string of the molecule is CCCC1CC[Si](C)(C)[Si](C)(C)O1.N. The monoisotopic (exact) mass is 233 g/mol. The maximum atomic E-state index is 6.33. The Kier molecular flexibility index (Phi) is 5.04. The van der Waals surface area contributed by atoms with E-state index in [4.69, 9.17) is 4.43 Å². The van der Waals surface area contributed by atoms with Crippen molar-refractivity contribution in [2.24, 2.45) is 0 Å². The van der Waals surface area contributed by atoms with E-state index < -0.39 is 15.4 Å². The van der Waals surface area contributed by atoms with Crippen LogP contribution in [0.25, 0.3) is 0 Å². The average molecular weight is 234 g/mol. The van der Waals surface area contributed by atoms with Crippen molar-refractivity contribution >= 4 is 15.4 Å². The van der Waals surface area contributed by atoms with Gasteiger partial charge in [0.05, 0.1) is 7.59 Å². The van der Waals surface area contributed by atoms with Crippen LogP contribution < -0.4 is 6.15 Å². The van der Waals surface area contributed by atoms with Gasteiger partial charge >= 0.3 is 0 Å². The first-order valence-electron chi connectivity index (χ1n) is 5.57. The first-order chi connectivity index (χ1) is 5.89. The summed E-state index contributed by atoms with van der Waals surface area (Å²) < 4.78 is 6.33. The van der Waals surface area contributed by atoms with Crippen molar-refractivity contribution in [3.63, 3.8) is 0 Å². The zero-order valence-electron chi connectivity index (χ0n) is 10.5. The Hall–Kier alpha value is 0.354. The molecule has 0 radical (unpaired) electrons. The van der Waals surface area contributed by atoms with E-state index in [9.17, 15) is 0 Å². The minimum atomic E-state index is -1.28. The maximum Gasteiger partial charge on any atom is 0.174 e. The predicted octanol–water partition coefficient (Wildman–Crippen LogP) is 3.73. The third-order valence-electron chi connectivity index (χ3n) is 3.79. The van der Waals surface area contributed by atoms with Gasteiger partial charge in [0.25, 0.3) is 0 Å². The van der Waals surface area contributed by atoms with Gasteiger partial charge < -0.3 is 10.6 Å². The van der Waals surface area contributed by atoms with E-state index in [0.717, 1.165) is 0 Å². The smallest absolute Gasteiger partial charge is 0.174 e. The lowest BCUT2D eigenvalue weighted by molar-refractivity contribution is 0.174. The molecule has 0 bridgehead atoms. The summed E-state index contributed by atoms with van der Waals surface area (Å²) in [5.74, 6) is 0. The Morgan fingerprint density at radius 1 is 1.21 bits per heavy atom. The summed E-state index contributed by atoms with van der Waals surface area (Å²) in [6.07, 6.45) is 4.49. The number of rotatable bonds is 2. The molecule has 14 heavy (non-hydrogen) atoms. The first-order valence-corrected chi connectivity index (χ1v) is 12.7. The number of hydrogen-bond acceptors (Lipinski definition) is 2. The molecular formula is C10H27NOSi2. The average Bonchev–Trinajstić information content (AvgIpc) is 1.98. The van der Waals surface area contributed by atoms with Crippen molar-refractivity contribution in [3.8, 4) is 0 Å². The van der Waals surface area contributed by atoms with Crippen LogP contribution in [0.15, 0.2) is 0 Å². The fourth-order valence-electron chi connectivity index (χ4n) is 1.98. The molecule has 0 aromatic carbocycles. The number of hydrogen-bond donors (Lipinski definition) is 1. The van der Waals surface area contributed by atoms with Crippen molar-refractivity contribution in [3.05, 3.63) is 0 Å². The molecule has 1 fully saturated rings. The second-order valence-corrected chi connectivity index (χ2v) is 20.7. The third kappa shape index (κ3) is 2.92. The summed E-state index contributed by atoms with van der Waals surface area (Å²) in [5.41, 5.74) is 0. The highest BCUT2D eigenvalue weighted by Crippen LogP contribution is 2.34. The van der Waals surface area contributed by atoms with E-state index in [1.165, 1.54) is 25.3 Å². The van der Waals surface area contributed by atoms with Crippen molar-refractivity contribution < 1.29 is 4.43 Å². The molecule has 4 heteroatoms. The Labute approximate surface area is 90.9 Å². The van der Waals surface area contributed by atoms with Gasteiger partial charge in [-0.2, -0.15) is 0 Å². The Balaban J connectivity index is 0.00000169. The molecule has 0 amide bonds. The molecule has 0 aromatic rings. The van der Waals surface area contributed by atoms with Gasteiger partial charge in [0, 0.05) is 6.10 Å². The topological polar surface area (TPSA) is 44.2 Å². The standard InChI is InChI=1S/C10H24OSi2.H3N/c1-6-7-10-8-9-12(2,3)13(4,5)11-10;/h10H,6-9H2,1-5H3;1H3. The zero-order valence-corrected chi connectivity index (χ0v) is 12.5. The summed E-state index contributed by atoms with van der Waals surface area (Å²) in [6.45, 7) is 12.2. The van der Waals surface area contributed by atoms with Crippen molar-refractivity contribution in [1.82, 2.24) is 6.15 Å². The van der Waals surface area contributed by atoms with Crippen LogP contribution in [0.1, 0.15) is 26.2 Å². The van der Waals surface area contributed by atoms with Gasteiger partial charge in [0.1, 0.15) is 0 Å². The normalized spacial score (nSPS) is 29.4. The van der Waals surface area contributed by atoms with Gasteiger partial charge in [0.2, 0.25) is 0 Å². The van der Waals surface area contributed by atoms with E-state index >= 15 is 0 Å². The lowest BCUT2D eigenvalue weighted by Crippen LogP contribution is -2.61. The molecular weight excluding hydrogens is 206 g/mol. The van der Waals surface area contributed by atoms with Crippen LogP contribution in [0.4, 0.5) is 0 Å². The molecule has 0 aliphatic carbocycles. The molecule has 1 atom stereocenters. The van der Waals surface area contributed by atoms with Gasteiger partial charge in [-0.3, -0.25) is 0 Å². The summed E-state index contributed by atoms with van der Waals surface area (Å²) in [4.78, 5) is 0. The summed E-state index contributed by atoms with van der Waals surface area (Å²) in [5, 5.41) is 0. The molecule has 3 N–H and O–H groups in total. The lowest BCUT2D eigenvalue weighted by atomic mass is 10.2. The Morgan fingerprint density at radius 2 is 1.79 bits per heavy atom. The van der Waals surface area contributed by atoms with Gasteiger partial charge in [0.15, 0.2) is 7.83 Å². The molecule has 0 spiro atoms. The lowest BCUT2D eigenvalue weighted by Gasteiger charge is -2.45. The van der Waals surface area contributed by atoms with Crippen LogP contribution in [0, 0.1) is 0 Å². The molecule has 1 rings (SSSR count). The van der Waals surface area contributed by atoms with Crippen LogP contribution >= 0.6 is 0 Å². The molecule has 1 saturated heterocycles. The van der Waals surface area contributed by atoms with Crippen LogP contribution in [0.3, 0.4) is 0 Å². The van der Waals surface area contributed by atoms with Gasteiger partial charge in [-0.25, -0.2) is 0 Å². The van der Waals surface area contributed by atoms with E-state index in [0.29, 0.717) is 6.10 Å². The molecule has 86 valence electrons.